The van der Waals surface area contributed by atoms with Crippen molar-refractivity contribution in [2.24, 2.45) is 0 Å². The van der Waals surface area contributed by atoms with Crippen LogP contribution in [0.2, 0.25) is 0 Å². The second-order valence-corrected chi connectivity index (χ2v) is 6.08. The number of allylic oxidation sites excluding steroid dienone is 1. The molecule has 1 aromatic carbocycles. The number of nitrogens with one attached hydrogen (secondary N) is 1. The monoisotopic (exact) mass is 350 g/mol. The van der Waals surface area contributed by atoms with Crippen LogP contribution in [0.5, 0.6) is 0 Å². The smallest absolute Gasteiger partial charge is 0.354 e. The minimum Gasteiger partial charge on any atom is -0.464 e. The normalized spacial score (nSPS) is 19.3. The van der Waals surface area contributed by atoms with E-state index >= 15 is 0 Å². The highest BCUT2D eigenvalue weighted by Gasteiger charge is 2.50. The summed E-state index contributed by atoms with van der Waals surface area (Å²) in [7, 11) is 1.23. The molecule has 1 fully saturated rings. The number of halogens is 1. The summed E-state index contributed by atoms with van der Waals surface area (Å²) in [5.41, 5.74) is 0.719. The number of rotatable bonds is 5. The van der Waals surface area contributed by atoms with Gasteiger partial charge in [0.1, 0.15) is 17.2 Å². The van der Waals surface area contributed by atoms with E-state index < -0.39 is 23.4 Å². The molecule has 0 bridgehead atoms. The van der Waals surface area contributed by atoms with E-state index in [4.69, 9.17) is 11.6 Å². The number of ether oxygens (including phenoxy) is 1. The maximum Gasteiger partial charge on any atom is 0.354 e. The number of β-lactam (4-membered cyclic amide) rings is 1. The Hall–Kier alpha value is -2.34. The second-order valence-electron chi connectivity index (χ2n) is 5.63. The number of carbonyl (C=O) groups excluding carboxylic acids is 3. The predicted octanol–water partition coefficient (Wildman–Crippen LogP) is 1.59. The Morgan fingerprint density at radius 3 is 2.38 bits per heavy atom. The molecule has 0 aromatic heterocycles. The van der Waals surface area contributed by atoms with Gasteiger partial charge in [-0.2, -0.15) is 0 Å². The largest absolute Gasteiger partial charge is 0.464 e. The highest BCUT2D eigenvalue weighted by molar-refractivity contribution is 6.27. The molecule has 1 aliphatic heterocycles. The zero-order valence-corrected chi connectivity index (χ0v) is 14.5. The van der Waals surface area contributed by atoms with Gasteiger partial charge in [-0.15, -0.1) is 0 Å². The summed E-state index contributed by atoms with van der Waals surface area (Å²) in [6.07, 6.45) is 0.154. The maximum absolute atomic E-state index is 12.3. The van der Waals surface area contributed by atoms with E-state index in [1.54, 1.807) is 13.8 Å². The third kappa shape index (κ3) is 3.59. The summed E-state index contributed by atoms with van der Waals surface area (Å²) in [5, 5.41) is 2.61. The van der Waals surface area contributed by atoms with Gasteiger partial charge < -0.3 is 10.1 Å². The molecule has 24 heavy (non-hydrogen) atoms. The standard InChI is InChI=1S/C17H19ClN2O4/c1-10(2)14(17(23)24-3)20-15(18)13(16(20)22)19-12(21)9-11-7-5-4-6-8-11/h4-8,13,15H,9H2,1-3H3,(H,19,21)/t13-,15+/m1/s1. The Kier molecular flexibility index (Phi) is 5.62. The van der Waals surface area contributed by atoms with Gasteiger partial charge in [-0.1, -0.05) is 41.9 Å². The SMILES string of the molecule is COC(=O)C(=C(C)C)N1C(=O)[C@H](NC(=O)Cc2ccccc2)[C@H]1Cl. The van der Waals surface area contributed by atoms with Crippen LogP contribution in [-0.4, -0.2) is 41.3 Å². The molecule has 1 aromatic rings. The number of carbonyl (C=O) groups is 3. The van der Waals surface area contributed by atoms with Crippen molar-refractivity contribution in [3.8, 4) is 0 Å². The van der Waals surface area contributed by atoms with Crippen LogP contribution in [0.4, 0.5) is 0 Å². The van der Waals surface area contributed by atoms with Gasteiger partial charge in [0.2, 0.25) is 5.91 Å². The molecule has 2 atom stereocenters. The quantitative estimate of drug-likeness (QED) is 0.288. The molecule has 1 aliphatic rings. The molecule has 0 radical (unpaired) electrons. The first-order valence-corrected chi connectivity index (χ1v) is 7.86. The second kappa shape index (κ2) is 7.49. The number of alkyl halides is 1. The summed E-state index contributed by atoms with van der Waals surface area (Å²) in [4.78, 5) is 37.4. The molecular weight excluding hydrogens is 332 g/mol. The minimum absolute atomic E-state index is 0.107. The number of hydrogen-bond acceptors (Lipinski definition) is 4. The molecule has 0 saturated carbocycles. The summed E-state index contributed by atoms with van der Waals surface area (Å²) >= 11 is 6.21. The van der Waals surface area contributed by atoms with Crippen LogP contribution in [0.25, 0.3) is 0 Å². The van der Waals surface area contributed by atoms with E-state index in [0.717, 1.165) is 10.5 Å². The van der Waals surface area contributed by atoms with Crippen molar-refractivity contribution < 1.29 is 19.1 Å². The molecule has 128 valence electrons. The van der Waals surface area contributed by atoms with E-state index in [1.165, 1.54) is 7.11 Å². The topological polar surface area (TPSA) is 75.7 Å². The molecule has 1 heterocycles. The van der Waals surface area contributed by atoms with Crippen molar-refractivity contribution in [2.45, 2.75) is 31.8 Å². The molecule has 0 aliphatic carbocycles. The van der Waals surface area contributed by atoms with Gasteiger partial charge in [0, 0.05) is 0 Å². The van der Waals surface area contributed by atoms with Gasteiger partial charge in [0.05, 0.1) is 13.5 Å². The van der Waals surface area contributed by atoms with Gasteiger partial charge in [-0.05, 0) is 25.0 Å². The highest BCUT2D eigenvalue weighted by atomic mass is 35.5. The molecule has 2 rings (SSSR count). The Morgan fingerprint density at radius 1 is 1.25 bits per heavy atom. The number of likely N-dealkylation sites (tertiary alicyclic amines) is 1. The fraction of sp³-hybridized carbons (Fsp3) is 0.353. The molecule has 0 spiro atoms. The lowest BCUT2D eigenvalue weighted by Crippen LogP contribution is -2.68. The number of nitrogens with zero attached hydrogens (tertiary/aromatic N) is 1. The third-order valence-electron chi connectivity index (χ3n) is 3.64. The molecule has 6 nitrogen and oxygen atoms in total. The van der Waals surface area contributed by atoms with E-state index in [-0.39, 0.29) is 18.0 Å². The molecule has 7 heteroatoms. The summed E-state index contributed by atoms with van der Waals surface area (Å²) in [6.45, 7) is 3.37. The van der Waals surface area contributed by atoms with Crippen molar-refractivity contribution in [3.63, 3.8) is 0 Å². The van der Waals surface area contributed by atoms with Gasteiger partial charge in [-0.25, -0.2) is 4.79 Å². The number of hydrogen-bond donors (Lipinski definition) is 1. The molecule has 0 unspecified atom stereocenters. The first kappa shape index (κ1) is 18.0. The summed E-state index contributed by atoms with van der Waals surface area (Å²) in [5.74, 6) is -1.37. The Morgan fingerprint density at radius 2 is 1.88 bits per heavy atom. The van der Waals surface area contributed by atoms with Crippen LogP contribution in [0, 0.1) is 0 Å². The Balaban J connectivity index is 2.03. The van der Waals surface area contributed by atoms with E-state index in [9.17, 15) is 14.4 Å². The highest BCUT2D eigenvalue weighted by Crippen LogP contribution is 2.30. The van der Waals surface area contributed by atoms with Crippen molar-refractivity contribution in [2.75, 3.05) is 7.11 Å². The summed E-state index contributed by atoms with van der Waals surface area (Å²) < 4.78 is 4.69. The van der Waals surface area contributed by atoms with E-state index in [1.807, 2.05) is 30.3 Å². The van der Waals surface area contributed by atoms with Crippen LogP contribution in [0.15, 0.2) is 41.6 Å². The number of amides is 2. The number of esters is 1. The molecule has 1 saturated heterocycles. The van der Waals surface area contributed by atoms with E-state index in [0.29, 0.717) is 5.57 Å². The number of benzene rings is 1. The van der Waals surface area contributed by atoms with Gasteiger partial charge in [0.15, 0.2) is 0 Å². The average molecular weight is 351 g/mol. The summed E-state index contributed by atoms with van der Waals surface area (Å²) in [6, 6.07) is 8.32. The van der Waals surface area contributed by atoms with Crippen LogP contribution in [0.1, 0.15) is 19.4 Å². The molecule has 1 N–H and O–H groups in total. The zero-order valence-electron chi connectivity index (χ0n) is 13.7. The van der Waals surface area contributed by atoms with E-state index in [2.05, 4.69) is 10.1 Å². The number of methoxy groups -OCH3 is 1. The van der Waals surface area contributed by atoms with Crippen molar-refractivity contribution in [3.05, 3.63) is 47.2 Å². The minimum atomic E-state index is -0.859. The fourth-order valence-electron chi connectivity index (χ4n) is 2.47. The Labute approximate surface area is 145 Å². The van der Waals surface area contributed by atoms with Crippen molar-refractivity contribution in [1.29, 1.82) is 0 Å². The lowest BCUT2D eigenvalue weighted by molar-refractivity contribution is -0.151. The van der Waals surface area contributed by atoms with Crippen LogP contribution >= 0.6 is 11.6 Å². The maximum atomic E-state index is 12.3. The zero-order chi connectivity index (χ0) is 17.9. The Bertz CT molecular complexity index is 683. The average Bonchev–Trinajstić information content (AvgIpc) is 2.57. The van der Waals surface area contributed by atoms with Gasteiger partial charge in [0.25, 0.3) is 5.91 Å². The van der Waals surface area contributed by atoms with Gasteiger partial charge in [-0.3, -0.25) is 14.5 Å². The molecule has 2 amide bonds. The van der Waals surface area contributed by atoms with Crippen molar-refractivity contribution >= 4 is 29.4 Å². The first-order chi connectivity index (χ1) is 11.4. The van der Waals surface area contributed by atoms with Crippen molar-refractivity contribution in [1.82, 2.24) is 10.2 Å². The third-order valence-corrected chi connectivity index (χ3v) is 4.09. The van der Waals surface area contributed by atoms with Crippen LogP contribution in [-0.2, 0) is 25.5 Å². The lowest BCUT2D eigenvalue weighted by atomic mass is 10.0. The lowest BCUT2D eigenvalue weighted by Gasteiger charge is -2.44. The predicted molar refractivity (Wildman–Crippen MR) is 89.0 cm³/mol. The van der Waals surface area contributed by atoms with Crippen LogP contribution in [0.3, 0.4) is 0 Å². The fourth-order valence-corrected chi connectivity index (χ4v) is 2.83. The van der Waals surface area contributed by atoms with Gasteiger partial charge >= 0.3 is 5.97 Å². The first-order valence-electron chi connectivity index (χ1n) is 7.43. The van der Waals surface area contributed by atoms with Crippen LogP contribution < -0.4 is 5.32 Å². The molecular formula is C17H19ClN2O4.